The number of nitrogens with zero attached hydrogens (tertiary/aromatic N) is 1. The molecular weight excluding hydrogens is 326 g/mol. The third-order valence-electron chi connectivity index (χ3n) is 3.82. The van der Waals surface area contributed by atoms with Crippen LogP contribution in [0.2, 0.25) is 0 Å². The van der Waals surface area contributed by atoms with Crippen molar-refractivity contribution < 1.29 is 14.3 Å². The molecule has 4 heteroatoms. The maximum atomic E-state index is 12.2. The molecule has 0 radical (unpaired) electrons. The molecule has 1 aliphatic heterocycles. The Bertz CT molecular complexity index is 761. The van der Waals surface area contributed by atoms with Gasteiger partial charge in [-0.05, 0) is 30.7 Å². The lowest BCUT2D eigenvalue weighted by atomic mass is 10.0. The Hall–Kier alpha value is -2.56. The van der Waals surface area contributed by atoms with Gasteiger partial charge in [0.2, 0.25) is 0 Å². The Morgan fingerprint density at radius 2 is 2.19 bits per heavy atom. The van der Waals surface area contributed by atoms with Crippen LogP contribution in [0, 0.1) is 11.8 Å². The Morgan fingerprint density at radius 3 is 3.00 bits per heavy atom. The van der Waals surface area contributed by atoms with Gasteiger partial charge in [0, 0.05) is 19.1 Å². The highest BCUT2D eigenvalue weighted by atomic mass is 16.5. The minimum absolute atomic E-state index is 0.154. The molecule has 0 aromatic rings. The molecule has 0 fully saturated rings. The molecule has 0 saturated carbocycles. The van der Waals surface area contributed by atoms with Crippen LogP contribution in [0.25, 0.3) is 0 Å². The second-order valence-corrected chi connectivity index (χ2v) is 5.88. The first kappa shape index (κ1) is 19.8. The van der Waals surface area contributed by atoms with Crippen LogP contribution in [-0.2, 0) is 14.3 Å². The molecule has 1 heterocycles. The molecular formula is C22H25NO3. The van der Waals surface area contributed by atoms with Crippen molar-refractivity contribution in [3.63, 3.8) is 0 Å². The van der Waals surface area contributed by atoms with E-state index in [0.29, 0.717) is 25.3 Å². The highest BCUT2D eigenvalue weighted by Crippen LogP contribution is 2.13. The van der Waals surface area contributed by atoms with Crippen LogP contribution in [0.3, 0.4) is 0 Å². The zero-order valence-corrected chi connectivity index (χ0v) is 15.5. The van der Waals surface area contributed by atoms with Gasteiger partial charge >= 0.3 is 5.97 Å². The van der Waals surface area contributed by atoms with E-state index < -0.39 is 5.97 Å². The van der Waals surface area contributed by atoms with Crippen molar-refractivity contribution in [2.24, 2.45) is 4.99 Å². The molecule has 0 amide bonds. The molecule has 0 bridgehead atoms. The molecule has 1 atom stereocenters. The van der Waals surface area contributed by atoms with Crippen molar-refractivity contribution in [2.75, 3.05) is 13.2 Å². The fraction of sp³-hybridized carbons (Fsp3) is 0.455. The molecule has 26 heavy (non-hydrogen) atoms. The molecule has 0 N–H and O–H groups in total. The van der Waals surface area contributed by atoms with Crippen molar-refractivity contribution in [2.45, 2.75) is 52.1 Å². The Balaban J connectivity index is 2.00. The maximum Gasteiger partial charge on any atom is 0.365 e. The maximum absolute atomic E-state index is 12.2. The fourth-order valence-corrected chi connectivity index (χ4v) is 2.45. The molecule has 136 valence electrons. The second kappa shape index (κ2) is 11.1. The van der Waals surface area contributed by atoms with Gasteiger partial charge in [0.25, 0.3) is 0 Å². The van der Waals surface area contributed by atoms with E-state index in [0.717, 1.165) is 31.3 Å². The minimum atomic E-state index is -0.456. The van der Waals surface area contributed by atoms with E-state index in [9.17, 15) is 4.79 Å². The second-order valence-electron chi connectivity index (χ2n) is 5.88. The summed E-state index contributed by atoms with van der Waals surface area (Å²) in [6.07, 6.45) is 12.1. The highest BCUT2D eigenvalue weighted by Gasteiger charge is 2.14. The summed E-state index contributed by atoms with van der Waals surface area (Å²) in [6, 6.07) is 0. The molecule has 0 aromatic heterocycles. The number of carbonyl (C=O) groups excluding carboxylic acids is 1. The first-order chi connectivity index (χ1) is 12.7. The average molecular weight is 351 g/mol. The van der Waals surface area contributed by atoms with Crippen molar-refractivity contribution in [3.05, 3.63) is 47.0 Å². The zero-order valence-electron chi connectivity index (χ0n) is 15.5. The van der Waals surface area contributed by atoms with Gasteiger partial charge in [-0.2, -0.15) is 0 Å². The van der Waals surface area contributed by atoms with Crippen LogP contribution in [0.1, 0.15) is 46.0 Å². The number of esters is 1. The van der Waals surface area contributed by atoms with Gasteiger partial charge in [0.05, 0.1) is 12.3 Å². The summed E-state index contributed by atoms with van der Waals surface area (Å²) < 4.78 is 10.8. The molecule has 1 aliphatic carbocycles. The first-order valence-corrected chi connectivity index (χ1v) is 9.20. The highest BCUT2D eigenvalue weighted by molar-refractivity contribution is 6.12. The number of unbranched alkanes of at least 4 members (excludes halogenated alkanes) is 3. The van der Waals surface area contributed by atoms with E-state index in [-0.39, 0.29) is 11.8 Å². The smallest absolute Gasteiger partial charge is 0.365 e. The topological polar surface area (TPSA) is 47.9 Å². The van der Waals surface area contributed by atoms with Crippen LogP contribution in [0.5, 0.6) is 0 Å². The van der Waals surface area contributed by atoms with Crippen LogP contribution in [0.15, 0.2) is 52.0 Å². The normalized spacial score (nSPS) is 18.1. The number of aliphatic imine (C=N–C) groups is 1. The summed E-state index contributed by atoms with van der Waals surface area (Å²) in [7, 11) is 0. The lowest BCUT2D eigenvalue weighted by molar-refractivity contribution is -0.139. The van der Waals surface area contributed by atoms with Crippen molar-refractivity contribution in [3.8, 4) is 11.8 Å². The lowest BCUT2D eigenvalue weighted by Crippen LogP contribution is -2.11. The average Bonchev–Trinajstić information content (AvgIpc) is 2.64. The number of hydrogen-bond donors (Lipinski definition) is 0. The molecule has 1 unspecified atom stereocenters. The predicted octanol–water partition coefficient (Wildman–Crippen LogP) is 4.05. The van der Waals surface area contributed by atoms with E-state index in [4.69, 9.17) is 9.47 Å². The summed E-state index contributed by atoms with van der Waals surface area (Å²) in [4.78, 5) is 16.5. The van der Waals surface area contributed by atoms with Gasteiger partial charge in [-0.3, -0.25) is 0 Å². The number of allylic oxidation sites excluding steroid dienone is 4. The Kier molecular flexibility index (Phi) is 8.46. The van der Waals surface area contributed by atoms with Crippen LogP contribution < -0.4 is 0 Å². The number of rotatable bonds is 9. The third kappa shape index (κ3) is 6.39. The van der Waals surface area contributed by atoms with Crippen LogP contribution in [-0.4, -0.2) is 31.0 Å². The summed E-state index contributed by atoms with van der Waals surface area (Å²) in [5, 5.41) is 0. The SMILES string of the molecule is CCCCCCOC(=O)C1=C=C=CC(C2=CCC#CC(OCC)C=C2)=N1. The van der Waals surface area contributed by atoms with E-state index >= 15 is 0 Å². The monoisotopic (exact) mass is 351 g/mol. The summed E-state index contributed by atoms with van der Waals surface area (Å²) >= 11 is 0. The van der Waals surface area contributed by atoms with Crippen molar-refractivity contribution in [1.82, 2.24) is 0 Å². The van der Waals surface area contributed by atoms with E-state index in [1.165, 1.54) is 0 Å². The van der Waals surface area contributed by atoms with Gasteiger partial charge in [-0.25, -0.2) is 9.79 Å². The Labute approximate surface area is 155 Å². The zero-order chi connectivity index (χ0) is 18.6. The molecule has 2 rings (SSSR count). The predicted molar refractivity (Wildman–Crippen MR) is 103 cm³/mol. The van der Waals surface area contributed by atoms with E-state index in [1.54, 1.807) is 6.08 Å². The molecule has 0 aromatic carbocycles. The minimum Gasteiger partial charge on any atom is -0.460 e. The molecule has 4 nitrogen and oxygen atoms in total. The van der Waals surface area contributed by atoms with Gasteiger partial charge in [-0.15, -0.1) is 0 Å². The van der Waals surface area contributed by atoms with Crippen molar-refractivity contribution >= 4 is 11.7 Å². The standard InChI is InChI=1S/C22H25NO3/c1-3-5-6-9-17-26-22(24)21-14-10-13-20(23-21)18-11-7-8-12-19(16-15-18)25-4-2/h11,13,15-16,19H,3-7,9,17H2,1-2H3. The number of carbonyl (C=O) groups is 1. The van der Waals surface area contributed by atoms with Crippen molar-refractivity contribution in [1.29, 1.82) is 0 Å². The first-order valence-electron chi connectivity index (χ1n) is 9.20. The summed E-state index contributed by atoms with van der Waals surface area (Å²) in [5.74, 6) is 5.66. The third-order valence-corrected chi connectivity index (χ3v) is 3.82. The van der Waals surface area contributed by atoms with E-state index in [2.05, 4.69) is 35.2 Å². The van der Waals surface area contributed by atoms with Crippen LogP contribution in [0.4, 0.5) is 0 Å². The van der Waals surface area contributed by atoms with Gasteiger partial charge in [0.1, 0.15) is 6.10 Å². The molecule has 0 saturated heterocycles. The quantitative estimate of drug-likeness (QED) is 0.272. The Morgan fingerprint density at radius 1 is 1.31 bits per heavy atom. The largest absolute Gasteiger partial charge is 0.460 e. The summed E-state index contributed by atoms with van der Waals surface area (Å²) in [6.45, 7) is 5.10. The van der Waals surface area contributed by atoms with Gasteiger partial charge < -0.3 is 9.47 Å². The summed E-state index contributed by atoms with van der Waals surface area (Å²) in [5.41, 5.74) is 7.29. The fourth-order valence-electron chi connectivity index (χ4n) is 2.45. The van der Waals surface area contributed by atoms with Gasteiger partial charge in [0.15, 0.2) is 5.70 Å². The number of ether oxygens (including phenoxy) is 2. The van der Waals surface area contributed by atoms with E-state index in [1.807, 2.05) is 25.2 Å². The molecule has 0 spiro atoms. The lowest BCUT2D eigenvalue weighted by Gasteiger charge is -2.10. The molecule has 2 aliphatic rings. The van der Waals surface area contributed by atoms with Gasteiger partial charge in [-0.1, -0.05) is 55.9 Å². The number of hydrogen-bond acceptors (Lipinski definition) is 4. The van der Waals surface area contributed by atoms with Crippen LogP contribution >= 0.6 is 0 Å².